The Morgan fingerprint density at radius 3 is 2.04 bits per heavy atom. The van der Waals surface area contributed by atoms with E-state index in [1.54, 1.807) is 24.3 Å². The predicted molar refractivity (Wildman–Crippen MR) is 163 cm³/mol. The molecule has 0 unspecified atom stereocenters. The van der Waals surface area contributed by atoms with Crippen molar-refractivity contribution in [3.05, 3.63) is 105 Å². The first kappa shape index (κ1) is 33.5. The quantitative estimate of drug-likeness (QED) is 0.160. The SMILES string of the molecule is O=C(NCc1ccc([C@H]2O[C@@H](CN3CCC[C@H]3CN3CCCC3)C[C@@H](c3ccc(CO)cc3)O2)cc1)c1c(F)c(F)c(F)c(F)c1F. The minimum Gasteiger partial charge on any atom is -0.392 e. The van der Waals surface area contributed by atoms with Crippen LogP contribution >= 0.6 is 0 Å². The van der Waals surface area contributed by atoms with Gasteiger partial charge < -0.3 is 24.8 Å². The minimum absolute atomic E-state index is 0.0537. The number of hydrogen-bond acceptors (Lipinski definition) is 6. The van der Waals surface area contributed by atoms with Crippen LogP contribution in [0.15, 0.2) is 48.5 Å². The molecule has 6 rings (SSSR count). The molecule has 3 aliphatic heterocycles. The fourth-order valence-electron chi connectivity index (χ4n) is 6.77. The maximum Gasteiger partial charge on any atom is 0.257 e. The second-order valence-electron chi connectivity index (χ2n) is 12.5. The van der Waals surface area contributed by atoms with E-state index in [1.807, 2.05) is 24.3 Å². The molecule has 0 bridgehead atoms. The Bertz CT molecular complexity index is 1520. The first-order valence-electron chi connectivity index (χ1n) is 16.1. The van der Waals surface area contributed by atoms with Crippen LogP contribution in [0.1, 0.15) is 77.1 Å². The van der Waals surface area contributed by atoms with E-state index in [1.165, 1.54) is 12.8 Å². The van der Waals surface area contributed by atoms with Crippen LogP contribution in [-0.4, -0.2) is 65.7 Å². The molecule has 3 fully saturated rings. The average molecular weight is 660 g/mol. The summed E-state index contributed by atoms with van der Waals surface area (Å²) < 4.78 is 81.7. The van der Waals surface area contributed by atoms with Crippen molar-refractivity contribution in [1.29, 1.82) is 0 Å². The summed E-state index contributed by atoms with van der Waals surface area (Å²) in [5, 5.41) is 11.7. The number of nitrogens with zero attached hydrogens (tertiary/aromatic N) is 2. The van der Waals surface area contributed by atoms with E-state index in [0.717, 1.165) is 62.3 Å². The van der Waals surface area contributed by atoms with E-state index >= 15 is 0 Å². The summed E-state index contributed by atoms with van der Waals surface area (Å²) >= 11 is 0. The summed E-state index contributed by atoms with van der Waals surface area (Å²) in [7, 11) is 0. The highest BCUT2D eigenvalue weighted by molar-refractivity contribution is 5.94. The number of carbonyl (C=O) groups excluding carboxylic acids is 1. The molecule has 0 spiro atoms. The average Bonchev–Trinajstić information content (AvgIpc) is 3.78. The Labute approximate surface area is 270 Å². The van der Waals surface area contributed by atoms with Gasteiger partial charge in [-0.3, -0.25) is 9.69 Å². The first-order valence-corrected chi connectivity index (χ1v) is 16.1. The number of aliphatic hydroxyl groups excluding tert-OH is 1. The maximum atomic E-state index is 14.1. The predicted octanol–water partition coefficient (Wildman–Crippen LogP) is 5.91. The van der Waals surface area contributed by atoms with Gasteiger partial charge in [0, 0.05) is 37.7 Å². The van der Waals surface area contributed by atoms with Gasteiger partial charge in [0.15, 0.2) is 29.6 Å². The lowest BCUT2D eigenvalue weighted by Crippen LogP contribution is -2.45. The molecule has 3 saturated heterocycles. The van der Waals surface area contributed by atoms with Crippen LogP contribution in [-0.2, 0) is 22.6 Å². The van der Waals surface area contributed by atoms with Crippen LogP contribution < -0.4 is 5.32 Å². The second-order valence-corrected chi connectivity index (χ2v) is 12.5. The van der Waals surface area contributed by atoms with Crippen molar-refractivity contribution in [2.75, 3.05) is 32.7 Å². The van der Waals surface area contributed by atoms with Gasteiger partial charge in [-0.2, -0.15) is 0 Å². The molecule has 3 heterocycles. The highest BCUT2D eigenvalue weighted by Gasteiger charge is 2.36. The molecule has 0 saturated carbocycles. The number of ether oxygens (including phenoxy) is 2. The Kier molecular flexibility index (Phi) is 10.5. The zero-order valence-corrected chi connectivity index (χ0v) is 25.9. The standard InChI is InChI=1S/C35H38F5N3O4/c36-29-28(30(37)32(39)33(40)31(29)38)34(45)41-17-21-5-11-24(12-6-21)35-46-26(16-27(47-35)23-9-7-22(20-44)8-10-23)19-43-15-3-4-25(43)18-42-13-1-2-14-42/h5-12,25-27,35,44H,1-4,13-20H2,(H,41,45)/t25-,26+,27-,35-/m0/s1. The van der Waals surface area contributed by atoms with E-state index in [4.69, 9.17) is 9.47 Å². The van der Waals surface area contributed by atoms with Crippen molar-refractivity contribution in [3.8, 4) is 0 Å². The molecule has 1 amide bonds. The number of amides is 1. The molecule has 7 nitrogen and oxygen atoms in total. The van der Waals surface area contributed by atoms with Crippen molar-refractivity contribution in [1.82, 2.24) is 15.1 Å². The number of benzene rings is 3. The molecule has 3 aliphatic rings. The molecule has 0 aromatic heterocycles. The molecular weight excluding hydrogens is 621 g/mol. The Hall–Kier alpha value is -3.42. The largest absolute Gasteiger partial charge is 0.392 e. The lowest BCUT2D eigenvalue weighted by molar-refractivity contribution is -0.253. The zero-order valence-electron chi connectivity index (χ0n) is 25.9. The highest BCUT2D eigenvalue weighted by Crippen LogP contribution is 2.39. The number of rotatable bonds is 10. The number of aliphatic hydroxyl groups is 1. The summed E-state index contributed by atoms with van der Waals surface area (Å²) in [5.74, 6) is -12.5. The van der Waals surface area contributed by atoms with Crippen LogP contribution in [0.4, 0.5) is 22.0 Å². The van der Waals surface area contributed by atoms with Gasteiger partial charge in [0.1, 0.15) is 5.56 Å². The van der Waals surface area contributed by atoms with Crippen LogP contribution in [0, 0.1) is 29.1 Å². The van der Waals surface area contributed by atoms with E-state index in [9.17, 15) is 31.9 Å². The Morgan fingerprint density at radius 2 is 1.38 bits per heavy atom. The van der Waals surface area contributed by atoms with Gasteiger partial charge >= 0.3 is 0 Å². The molecule has 12 heteroatoms. The summed E-state index contributed by atoms with van der Waals surface area (Å²) in [6.45, 7) is 4.89. The third-order valence-corrected chi connectivity index (χ3v) is 9.36. The smallest absolute Gasteiger partial charge is 0.257 e. The number of likely N-dealkylation sites (tertiary alicyclic amines) is 2. The highest BCUT2D eigenvalue weighted by atomic mass is 19.2. The number of hydrogen-bond donors (Lipinski definition) is 2. The molecule has 4 atom stereocenters. The van der Waals surface area contributed by atoms with Crippen molar-refractivity contribution in [2.45, 2.75) is 69.8 Å². The monoisotopic (exact) mass is 659 g/mol. The molecule has 3 aromatic carbocycles. The van der Waals surface area contributed by atoms with Gasteiger partial charge in [0.2, 0.25) is 5.82 Å². The van der Waals surface area contributed by atoms with Gasteiger partial charge in [-0.1, -0.05) is 48.5 Å². The van der Waals surface area contributed by atoms with Gasteiger partial charge in [-0.25, -0.2) is 22.0 Å². The van der Waals surface area contributed by atoms with Crippen LogP contribution in [0.5, 0.6) is 0 Å². The number of nitrogens with one attached hydrogen (secondary N) is 1. The third kappa shape index (κ3) is 7.52. The molecule has 3 aromatic rings. The maximum absolute atomic E-state index is 14.1. The summed E-state index contributed by atoms with van der Waals surface area (Å²) in [6.07, 6.45) is 4.41. The molecule has 252 valence electrons. The zero-order chi connectivity index (χ0) is 33.1. The molecular formula is C35H38F5N3O4. The minimum atomic E-state index is -2.33. The normalized spacial score (nSPS) is 23.8. The first-order chi connectivity index (χ1) is 22.7. The van der Waals surface area contributed by atoms with Crippen LogP contribution in [0.3, 0.4) is 0 Å². The van der Waals surface area contributed by atoms with E-state index in [2.05, 4.69) is 15.1 Å². The number of carbonyl (C=O) groups is 1. The summed E-state index contributed by atoms with van der Waals surface area (Å²) in [5.41, 5.74) is 1.49. The molecule has 0 aliphatic carbocycles. The number of halogens is 5. The summed E-state index contributed by atoms with van der Waals surface area (Å²) in [4.78, 5) is 17.5. The topological polar surface area (TPSA) is 74.3 Å². The van der Waals surface area contributed by atoms with Gasteiger partial charge in [0.25, 0.3) is 5.91 Å². The Morgan fingerprint density at radius 1 is 0.766 bits per heavy atom. The van der Waals surface area contributed by atoms with Crippen molar-refractivity contribution < 1.29 is 41.3 Å². The van der Waals surface area contributed by atoms with Gasteiger partial charge in [0.05, 0.1) is 18.8 Å². The molecule has 0 radical (unpaired) electrons. The molecule has 47 heavy (non-hydrogen) atoms. The van der Waals surface area contributed by atoms with Gasteiger partial charge in [-0.15, -0.1) is 0 Å². The van der Waals surface area contributed by atoms with Crippen molar-refractivity contribution in [3.63, 3.8) is 0 Å². The van der Waals surface area contributed by atoms with Crippen molar-refractivity contribution >= 4 is 5.91 Å². The van der Waals surface area contributed by atoms with E-state index < -0.39 is 46.8 Å². The fraction of sp³-hybridized carbons (Fsp3) is 0.457. The van der Waals surface area contributed by atoms with Crippen LogP contribution in [0.2, 0.25) is 0 Å². The third-order valence-electron chi connectivity index (χ3n) is 9.36. The van der Waals surface area contributed by atoms with Gasteiger partial charge in [-0.05, 0) is 62.0 Å². The van der Waals surface area contributed by atoms with E-state index in [-0.39, 0.29) is 25.4 Å². The Balaban J connectivity index is 1.15. The molecule has 2 N–H and O–H groups in total. The summed E-state index contributed by atoms with van der Waals surface area (Å²) in [6, 6.07) is 15.0. The van der Waals surface area contributed by atoms with Crippen LogP contribution in [0.25, 0.3) is 0 Å². The fourth-order valence-corrected chi connectivity index (χ4v) is 6.77. The lowest BCUT2D eigenvalue weighted by Gasteiger charge is -2.39. The van der Waals surface area contributed by atoms with Crippen molar-refractivity contribution in [2.24, 2.45) is 0 Å². The lowest BCUT2D eigenvalue weighted by atomic mass is 9.99. The second kappa shape index (κ2) is 14.8. The van der Waals surface area contributed by atoms with E-state index in [0.29, 0.717) is 18.0 Å².